The minimum Gasteiger partial charge on any atom is -0.378 e. The average molecular weight is 336 g/mol. The van der Waals surface area contributed by atoms with Gasteiger partial charge in [0.05, 0.1) is 25.2 Å². The highest BCUT2D eigenvalue weighted by atomic mass is 16.5. The molecule has 1 fully saturated rings. The summed E-state index contributed by atoms with van der Waals surface area (Å²) < 4.78 is 5.46. The molecule has 0 saturated carbocycles. The van der Waals surface area contributed by atoms with Crippen molar-refractivity contribution in [1.29, 1.82) is 0 Å². The summed E-state index contributed by atoms with van der Waals surface area (Å²) in [5, 5.41) is 7.51. The zero-order valence-electron chi connectivity index (χ0n) is 14.1. The molecule has 0 radical (unpaired) electrons. The predicted octanol–water partition coefficient (Wildman–Crippen LogP) is 1.86. The highest BCUT2D eigenvalue weighted by Gasteiger charge is 2.37. The Labute approximate surface area is 145 Å². The number of nitrogens with one attached hydrogen (secondary N) is 1. The first-order chi connectivity index (χ1) is 12.3. The van der Waals surface area contributed by atoms with Crippen molar-refractivity contribution >= 4 is 28.9 Å². The molecule has 5 rings (SSSR count). The Morgan fingerprint density at radius 2 is 2.08 bits per heavy atom. The number of aromatic amines is 1. The van der Waals surface area contributed by atoms with Gasteiger partial charge in [-0.15, -0.1) is 0 Å². The smallest absolute Gasteiger partial charge is 0.223 e. The molecule has 1 N–H and O–H groups in total. The molecule has 3 aliphatic heterocycles. The third-order valence-electron chi connectivity index (χ3n) is 5.05. The van der Waals surface area contributed by atoms with Gasteiger partial charge in [-0.2, -0.15) is 10.1 Å². The van der Waals surface area contributed by atoms with Crippen LogP contribution in [0.5, 0.6) is 0 Å². The lowest BCUT2D eigenvalue weighted by Gasteiger charge is -2.33. The normalized spacial score (nSPS) is 26.0. The van der Waals surface area contributed by atoms with Gasteiger partial charge in [0, 0.05) is 38.1 Å². The van der Waals surface area contributed by atoms with Gasteiger partial charge < -0.3 is 14.6 Å². The molecular formula is C18H20N6O. The maximum absolute atomic E-state index is 5.46. The van der Waals surface area contributed by atoms with E-state index >= 15 is 0 Å². The fraction of sp³-hybridized carbons (Fsp3) is 0.389. The van der Waals surface area contributed by atoms with Crippen molar-refractivity contribution in [2.24, 2.45) is 21.0 Å². The van der Waals surface area contributed by atoms with E-state index < -0.39 is 0 Å². The lowest BCUT2D eigenvalue weighted by molar-refractivity contribution is 0.0672. The molecule has 2 atom stereocenters. The molecule has 7 nitrogen and oxygen atoms in total. The second-order valence-electron chi connectivity index (χ2n) is 6.58. The van der Waals surface area contributed by atoms with Crippen molar-refractivity contribution in [2.75, 3.05) is 33.4 Å². The van der Waals surface area contributed by atoms with Crippen LogP contribution in [0.3, 0.4) is 0 Å². The number of aromatic nitrogens is 1. The standard InChI is InChI=1S/C18H20N6O/c1-23-17-14(11-20-23)16(13-3-2-12-4-5-19-15(12)10-13)21-18(22-17)24-6-8-25-9-7-24/h2-5,10-11,14,16,19H,6-9H2,1H3. The molecule has 0 bridgehead atoms. The number of benzene rings is 1. The summed E-state index contributed by atoms with van der Waals surface area (Å²) in [7, 11) is 1.95. The molecular weight excluding hydrogens is 316 g/mol. The molecule has 1 aromatic carbocycles. The number of fused-ring (bicyclic) bond motifs is 2. The predicted molar refractivity (Wildman–Crippen MR) is 98.0 cm³/mol. The number of guanidine groups is 1. The second-order valence-corrected chi connectivity index (χ2v) is 6.58. The van der Waals surface area contributed by atoms with Crippen LogP contribution in [0.25, 0.3) is 10.9 Å². The summed E-state index contributed by atoms with van der Waals surface area (Å²) in [6.45, 7) is 3.10. The van der Waals surface area contributed by atoms with E-state index in [4.69, 9.17) is 14.7 Å². The summed E-state index contributed by atoms with van der Waals surface area (Å²) in [4.78, 5) is 15.3. The van der Waals surface area contributed by atoms with Crippen molar-refractivity contribution in [3.8, 4) is 0 Å². The summed E-state index contributed by atoms with van der Waals surface area (Å²) >= 11 is 0. The van der Waals surface area contributed by atoms with E-state index in [0.717, 1.165) is 43.6 Å². The van der Waals surface area contributed by atoms with Crippen molar-refractivity contribution in [3.05, 3.63) is 36.0 Å². The molecule has 1 aromatic heterocycles. The van der Waals surface area contributed by atoms with Gasteiger partial charge in [0.15, 0.2) is 0 Å². The van der Waals surface area contributed by atoms with Crippen LogP contribution in [-0.4, -0.2) is 66.3 Å². The molecule has 1 saturated heterocycles. The number of aliphatic imine (C=N–C) groups is 2. The molecule has 0 aliphatic carbocycles. The maximum Gasteiger partial charge on any atom is 0.223 e. The number of rotatable bonds is 1. The highest BCUT2D eigenvalue weighted by molar-refractivity contribution is 6.08. The summed E-state index contributed by atoms with van der Waals surface area (Å²) in [6.07, 6.45) is 3.93. The molecule has 2 aromatic rings. The van der Waals surface area contributed by atoms with Gasteiger partial charge in [-0.25, -0.2) is 4.99 Å². The maximum atomic E-state index is 5.46. The lowest BCUT2D eigenvalue weighted by Crippen LogP contribution is -2.43. The van der Waals surface area contributed by atoms with E-state index in [2.05, 4.69) is 39.3 Å². The molecule has 0 amide bonds. The number of amidine groups is 1. The minimum atomic E-state index is -0.00764. The highest BCUT2D eigenvalue weighted by Crippen LogP contribution is 2.34. The van der Waals surface area contributed by atoms with Gasteiger partial charge in [0.25, 0.3) is 0 Å². The Morgan fingerprint density at radius 1 is 1.20 bits per heavy atom. The summed E-state index contributed by atoms with van der Waals surface area (Å²) in [6, 6.07) is 8.57. The number of ether oxygens (including phenoxy) is 1. The molecule has 25 heavy (non-hydrogen) atoms. The van der Waals surface area contributed by atoms with Crippen molar-refractivity contribution in [2.45, 2.75) is 6.04 Å². The second kappa shape index (κ2) is 5.70. The Hall–Kier alpha value is -2.67. The quantitative estimate of drug-likeness (QED) is 0.864. The van der Waals surface area contributed by atoms with Crippen LogP contribution < -0.4 is 0 Å². The van der Waals surface area contributed by atoms with E-state index in [0.29, 0.717) is 0 Å². The molecule has 7 heteroatoms. The van der Waals surface area contributed by atoms with Gasteiger partial charge in [-0.05, 0) is 23.1 Å². The first-order valence-electron chi connectivity index (χ1n) is 8.63. The SMILES string of the molecule is CN1N=CC2C1=NC(N1CCOCC1)=NC2c1ccc2cc[nH]c2c1. The molecule has 0 spiro atoms. The van der Waals surface area contributed by atoms with Crippen molar-refractivity contribution in [3.63, 3.8) is 0 Å². The van der Waals surface area contributed by atoms with Crippen molar-refractivity contribution < 1.29 is 4.74 Å². The van der Waals surface area contributed by atoms with Crippen LogP contribution in [0, 0.1) is 5.92 Å². The van der Waals surface area contributed by atoms with Crippen LogP contribution >= 0.6 is 0 Å². The van der Waals surface area contributed by atoms with Crippen LogP contribution in [-0.2, 0) is 4.74 Å². The van der Waals surface area contributed by atoms with Crippen LogP contribution in [0.1, 0.15) is 11.6 Å². The van der Waals surface area contributed by atoms with Crippen LogP contribution in [0.4, 0.5) is 0 Å². The Morgan fingerprint density at radius 3 is 2.96 bits per heavy atom. The fourth-order valence-corrected chi connectivity index (χ4v) is 3.67. The molecule has 128 valence electrons. The Kier molecular flexibility index (Phi) is 3.34. The van der Waals surface area contributed by atoms with Crippen LogP contribution in [0.15, 0.2) is 45.5 Å². The summed E-state index contributed by atoms with van der Waals surface area (Å²) in [5.74, 6) is 1.85. The minimum absolute atomic E-state index is 0.00764. The number of hydrogen-bond acceptors (Lipinski definition) is 6. The lowest BCUT2D eigenvalue weighted by atomic mass is 9.92. The van der Waals surface area contributed by atoms with E-state index in [1.54, 1.807) is 0 Å². The van der Waals surface area contributed by atoms with Gasteiger partial charge >= 0.3 is 0 Å². The largest absolute Gasteiger partial charge is 0.378 e. The van der Waals surface area contributed by atoms with Crippen LogP contribution in [0.2, 0.25) is 0 Å². The fourth-order valence-electron chi connectivity index (χ4n) is 3.67. The Balaban J connectivity index is 1.57. The van der Waals surface area contributed by atoms with Crippen molar-refractivity contribution in [1.82, 2.24) is 14.9 Å². The first-order valence-corrected chi connectivity index (χ1v) is 8.63. The number of H-pyrrole nitrogens is 1. The third kappa shape index (κ3) is 2.42. The average Bonchev–Trinajstić information content (AvgIpc) is 3.28. The van der Waals surface area contributed by atoms with Gasteiger partial charge in [0.2, 0.25) is 5.96 Å². The molecule has 3 aliphatic rings. The number of hydrogen-bond donors (Lipinski definition) is 1. The van der Waals surface area contributed by atoms with E-state index in [1.807, 2.05) is 24.5 Å². The van der Waals surface area contributed by atoms with E-state index in [-0.39, 0.29) is 12.0 Å². The van der Waals surface area contributed by atoms with Gasteiger partial charge in [-0.1, -0.05) is 12.1 Å². The zero-order valence-corrected chi connectivity index (χ0v) is 14.1. The van der Waals surface area contributed by atoms with Gasteiger partial charge in [0.1, 0.15) is 5.84 Å². The number of nitrogens with zero attached hydrogens (tertiary/aromatic N) is 5. The zero-order chi connectivity index (χ0) is 16.8. The van der Waals surface area contributed by atoms with E-state index in [9.17, 15) is 0 Å². The summed E-state index contributed by atoms with van der Waals surface area (Å²) in [5.41, 5.74) is 2.31. The Bertz CT molecular complexity index is 892. The third-order valence-corrected chi connectivity index (χ3v) is 5.05. The molecule has 2 unspecified atom stereocenters. The molecule has 4 heterocycles. The number of morpholine rings is 1. The first kappa shape index (κ1) is 14.7. The van der Waals surface area contributed by atoms with E-state index in [1.165, 1.54) is 10.9 Å². The van der Waals surface area contributed by atoms with Gasteiger partial charge in [-0.3, -0.25) is 5.01 Å². The number of hydrazone groups is 1. The monoisotopic (exact) mass is 336 g/mol. The topological polar surface area (TPSA) is 68.6 Å².